The third-order valence-corrected chi connectivity index (χ3v) is 3.38. The van der Waals surface area contributed by atoms with Gasteiger partial charge >= 0.3 is 5.97 Å². The lowest BCUT2D eigenvalue weighted by atomic mass is 10.0. The van der Waals surface area contributed by atoms with Crippen LogP contribution in [-0.2, 0) is 14.4 Å². The van der Waals surface area contributed by atoms with Gasteiger partial charge in [-0.05, 0) is 32.1 Å². The van der Waals surface area contributed by atoms with Crippen LogP contribution in [0.25, 0.3) is 0 Å². The van der Waals surface area contributed by atoms with E-state index in [-0.39, 0.29) is 17.7 Å². The van der Waals surface area contributed by atoms with Crippen molar-refractivity contribution in [3.8, 4) is 0 Å². The van der Waals surface area contributed by atoms with Crippen LogP contribution in [0.4, 0.5) is 0 Å². The normalized spacial score (nSPS) is 30.4. The molecule has 0 bridgehead atoms. The minimum Gasteiger partial charge on any atom is -0.481 e. The molecule has 2 aliphatic rings. The first-order chi connectivity index (χ1) is 7.68. The number of amides is 1. The van der Waals surface area contributed by atoms with E-state index in [4.69, 9.17) is 9.94 Å². The Kier molecular flexibility index (Phi) is 3.43. The average Bonchev–Trinajstić information content (AvgIpc) is 2.78. The lowest BCUT2D eigenvalue weighted by Gasteiger charge is -2.28. The highest BCUT2D eigenvalue weighted by Gasteiger charge is 2.36. The summed E-state index contributed by atoms with van der Waals surface area (Å²) in [6.07, 6.45) is 3.72. The zero-order valence-corrected chi connectivity index (χ0v) is 9.22. The van der Waals surface area contributed by atoms with Crippen molar-refractivity contribution in [3.05, 3.63) is 0 Å². The molecular weight excluding hydrogens is 210 g/mol. The molecule has 2 atom stereocenters. The van der Waals surface area contributed by atoms with E-state index in [0.29, 0.717) is 32.4 Å². The molecule has 0 radical (unpaired) electrons. The quantitative estimate of drug-likeness (QED) is 0.765. The zero-order valence-electron chi connectivity index (χ0n) is 9.22. The van der Waals surface area contributed by atoms with Crippen molar-refractivity contribution in [3.63, 3.8) is 0 Å². The molecule has 1 amide bonds. The third kappa shape index (κ3) is 2.35. The second kappa shape index (κ2) is 4.82. The van der Waals surface area contributed by atoms with Gasteiger partial charge in [-0.2, -0.15) is 0 Å². The number of carbonyl (C=O) groups is 2. The summed E-state index contributed by atoms with van der Waals surface area (Å²) >= 11 is 0. The summed E-state index contributed by atoms with van der Waals surface area (Å²) < 4.78 is 0. The van der Waals surface area contributed by atoms with Crippen LogP contribution in [0.5, 0.6) is 0 Å². The van der Waals surface area contributed by atoms with Crippen LogP contribution < -0.4 is 0 Å². The Hall–Kier alpha value is -1.10. The van der Waals surface area contributed by atoms with Gasteiger partial charge in [0.05, 0.1) is 12.5 Å². The van der Waals surface area contributed by atoms with Crippen molar-refractivity contribution >= 4 is 11.9 Å². The van der Waals surface area contributed by atoms with Crippen molar-refractivity contribution in [2.75, 3.05) is 13.2 Å². The second-order valence-electron chi connectivity index (χ2n) is 4.53. The van der Waals surface area contributed by atoms with Gasteiger partial charge in [0.25, 0.3) is 0 Å². The monoisotopic (exact) mass is 227 g/mol. The maximum Gasteiger partial charge on any atom is 0.306 e. The van der Waals surface area contributed by atoms with E-state index in [1.54, 1.807) is 0 Å². The van der Waals surface area contributed by atoms with Crippen LogP contribution in [0, 0.1) is 11.8 Å². The Morgan fingerprint density at radius 3 is 2.50 bits per heavy atom. The molecule has 0 aromatic carbocycles. The van der Waals surface area contributed by atoms with E-state index in [0.717, 1.165) is 12.8 Å². The van der Waals surface area contributed by atoms with Crippen LogP contribution in [0.2, 0.25) is 0 Å². The predicted octanol–water partition coefficient (Wildman–Crippen LogP) is 1.04. The van der Waals surface area contributed by atoms with Gasteiger partial charge in [0.2, 0.25) is 5.91 Å². The number of hydroxylamine groups is 2. The number of hydrogen-bond donors (Lipinski definition) is 1. The molecule has 1 N–H and O–H groups in total. The molecule has 2 rings (SSSR count). The van der Waals surface area contributed by atoms with Crippen LogP contribution in [0.3, 0.4) is 0 Å². The van der Waals surface area contributed by atoms with Crippen molar-refractivity contribution in [2.24, 2.45) is 11.8 Å². The fourth-order valence-corrected chi connectivity index (χ4v) is 2.40. The number of rotatable bonds is 2. The number of carboxylic acid groups (broad SMARTS) is 1. The molecule has 5 heteroatoms. The number of carboxylic acids is 1. The topological polar surface area (TPSA) is 66.8 Å². The molecule has 0 aromatic heterocycles. The molecule has 2 unspecified atom stereocenters. The van der Waals surface area contributed by atoms with Gasteiger partial charge in [-0.25, -0.2) is 5.06 Å². The standard InChI is InChI=1S/C11H17NO4/c13-10(12-5-1-2-6-16-12)8-3-4-9(7-8)11(14)15/h8-9H,1-7H2,(H,14,15). The second-order valence-corrected chi connectivity index (χ2v) is 4.53. The third-order valence-electron chi connectivity index (χ3n) is 3.38. The van der Waals surface area contributed by atoms with Gasteiger partial charge in [-0.15, -0.1) is 0 Å². The van der Waals surface area contributed by atoms with Crippen LogP contribution in [0.15, 0.2) is 0 Å². The molecular formula is C11H17NO4. The van der Waals surface area contributed by atoms with E-state index in [2.05, 4.69) is 0 Å². The van der Waals surface area contributed by atoms with E-state index in [1.807, 2.05) is 0 Å². The molecule has 1 aliphatic carbocycles. The lowest BCUT2D eigenvalue weighted by molar-refractivity contribution is -0.201. The summed E-state index contributed by atoms with van der Waals surface area (Å²) in [5.74, 6) is -1.31. The number of carbonyl (C=O) groups excluding carboxylic acids is 1. The molecule has 0 aromatic rings. The Labute approximate surface area is 94.3 Å². The first kappa shape index (κ1) is 11.4. The van der Waals surface area contributed by atoms with Gasteiger partial charge in [-0.1, -0.05) is 0 Å². The number of hydrogen-bond acceptors (Lipinski definition) is 3. The predicted molar refractivity (Wildman–Crippen MR) is 55.4 cm³/mol. The number of aliphatic carboxylic acids is 1. The van der Waals surface area contributed by atoms with E-state index < -0.39 is 5.97 Å². The first-order valence-corrected chi connectivity index (χ1v) is 5.85. The fourth-order valence-electron chi connectivity index (χ4n) is 2.40. The van der Waals surface area contributed by atoms with Gasteiger partial charge < -0.3 is 5.11 Å². The van der Waals surface area contributed by atoms with Crippen LogP contribution in [0.1, 0.15) is 32.1 Å². The Morgan fingerprint density at radius 2 is 1.94 bits per heavy atom. The Bertz CT molecular complexity index is 286. The Balaban J connectivity index is 1.88. The van der Waals surface area contributed by atoms with Crippen molar-refractivity contribution < 1.29 is 19.5 Å². The van der Waals surface area contributed by atoms with E-state index >= 15 is 0 Å². The fraction of sp³-hybridized carbons (Fsp3) is 0.818. The van der Waals surface area contributed by atoms with Crippen molar-refractivity contribution in [1.29, 1.82) is 0 Å². The largest absolute Gasteiger partial charge is 0.481 e. The summed E-state index contributed by atoms with van der Waals surface area (Å²) in [7, 11) is 0. The molecule has 16 heavy (non-hydrogen) atoms. The average molecular weight is 227 g/mol. The maximum absolute atomic E-state index is 12.0. The van der Waals surface area contributed by atoms with E-state index in [9.17, 15) is 9.59 Å². The van der Waals surface area contributed by atoms with Crippen molar-refractivity contribution in [1.82, 2.24) is 5.06 Å². The van der Waals surface area contributed by atoms with Gasteiger partial charge in [0.1, 0.15) is 0 Å². The Morgan fingerprint density at radius 1 is 1.19 bits per heavy atom. The molecule has 0 spiro atoms. The molecule has 1 heterocycles. The summed E-state index contributed by atoms with van der Waals surface area (Å²) in [5, 5.41) is 10.3. The van der Waals surface area contributed by atoms with Crippen molar-refractivity contribution in [2.45, 2.75) is 32.1 Å². The maximum atomic E-state index is 12.0. The lowest BCUT2D eigenvalue weighted by Crippen LogP contribution is -2.39. The SMILES string of the molecule is O=C(O)C1CCC(C(=O)N2CCCCO2)C1. The summed E-state index contributed by atoms with van der Waals surface area (Å²) in [4.78, 5) is 28.1. The van der Waals surface area contributed by atoms with E-state index in [1.165, 1.54) is 5.06 Å². The van der Waals surface area contributed by atoms with Gasteiger partial charge in [-0.3, -0.25) is 14.4 Å². The minimum absolute atomic E-state index is 0.0246. The molecule has 90 valence electrons. The minimum atomic E-state index is -0.783. The van der Waals surface area contributed by atoms with Crippen LogP contribution >= 0.6 is 0 Å². The summed E-state index contributed by atoms with van der Waals surface area (Å²) in [5.41, 5.74) is 0. The molecule has 1 saturated heterocycles. The van der Waals surface area contributed by atoms with Gasteiger partial charge in [0, 0.05) is 12.5 Å². The molecule has 1 aliphatic heterocycles. The summed E-state index contributed by atoms with van der Waals surface area (Å²) in [6.45, 7) is 1.24. The highest BCUT2D eigenvalue weighted by molar-refractivity contribution is 5.80. The molecule has 1 saturated carbocycles. The molecule has 2 fully saturated rings. The number of nitrogens with zero attached hydrogens (tertiary/aromatic N) is 1. The summed E-state index contributed by atoms with van der Waals surface area (Å²) in [6, 6.07) is 0. The van der Waals surface area contributed by atoms with Crippen LogP contribution in [-0.4, -0.2) is 35.2 Å². The zero-order chi connectivity index (χ0) is 11.5. The highest BCUT2D eigenvalue weighted by Crippen LogP contribution is 2.32. The van der Waals surface area contributed by atoms with Gasteiger partial charge in [0.15, 0.2) is 0 Å². The smallest absolute Gasteiger partial charge is 0.306 e. The first-order valence-electron chi connectivity index (χ1n) is 5.85. The molecule has 5 nitrogen and oxygen atoms in total. The highest BCUT2D eigenvalue weighted by atomic mass is 16.7.